The molecule has 6 heteroatoms. The van der Waals surface area contributed by atoms with Gasteiger partial charge in [0.15, 0.2) is 5.75 Å². The third-order valence-corrected chi connectivity index (χ3v) is 3.40. The summed E-state index contributed by atoms with van der Waals surface area (Å²) in [4.78, 5) is 0. The van der Waals surface area contributed by atoms with E-state index in [2.05, 4.69) is 5.32 Å². The number of nitrogens with one attached hydrogen (secondary N) is 1. The maximum atomic E-state index is 9.45. The Morgan fingerprint density at radius 2 is 1.53 bits per heavy atom. The van der Waals surface area contributed by atoms with Gasteiger partial charge < -0.3 is 15.5 Å². The Morgan fingerprint density at radius 3 is 2.11 bits per heavy atom. The van der Waals surface area contributed by atoms with Crippen LogP contribution in [0.4, 0.5) is 5.69 Å². The largest absolute Gasteiger partial charge is 0.506 e. The highest BCUT2D eigenvalue weighted by atomic mass is 35.5. The van der Waals surface area contributed by atoms with E-state index < -0.39 is 0 Å². The molecule has 0 amide bonds. The first-order chi connectivity index (χ1) is 8.97. The number of halogens is 3. The van der Waals surface area contributed by atoms with E-state index in [9.17, 15) is 10.2 Å². The fourth-order valence-electron chi connectivity index (χ4n) is 1.53. The molecule has 0 saturated carbocycles. The molecule has 0 aromatic heterocycles. The Labute approximate surface area is 125 Å². The average Bonchev–Trinajstić information content (AvgIpc) is 2.37. The molecule has 0 heterocycles. The summed E-state index contributed by atoms with van der Waals surface area (Å²) in [6, 6.07) is 8.08. The Bertz CT molecular complexity index is 594. The van der Waals surface area contributed by atoms with Crippen LogP contribution in [-0.4, -0.2) is 10.2 Å². The lowest BCUT2D eigenvalue weighted by molar-refractivity contribution is 0.475. The predicted octanol–water partition coefficient (Wildman–Crippen LogP) is 4.67. The molecular formula is C13H10Cl3NO2. The van der Waals surface area contributed by atoms with Gasteiger partial charge in [0, 0.05) is 12.2 Å². The third kappa shape index (κ3) is 3.38. The Kier molecular flexibility index (Phi) is 4.30. The number of rotatable bonds is 3. The summed E-state index contributed by atoms with van der Waals surface area (Å²) in [6.45, 7) is 0.484. The first-order valence-corrected chi connectivity index (χ1v) is 6.50. The predicted molar refractivity (Wildman–Crippen MR) is 78.6 cm³/mol. The molecular weight excluding hydrogens is 309 g/mol. The first kappa shape index (κ1) is 14.1. The lowest BCUT2D eigenvalue weighted by Gasteiger charge is -2.09. The molecule has 3 nitrogen and oxygen atoms in total. The summed E-state index contributed by atoms with van der Waals surface area (Å²) in [7, 11) is 0. The van der Waals surface area contributed by atoms with Crippen LogP contribution >= 0.6 is 34.8 Å². The zero-order chi connectivity index (χ0) is 14.0. The van der Waals surface area contributed by atoms with Gasteiger partial charge >= 0.3 is 0 Å². The molecule has 2 aromatic carbocycles. The van der Waals surface area contributed by atoms with Gasteiger partial charge in [0.05, 0.1) is 15.1 Å². The molecule has 0 aliphatic carbocycles. The van der Waals surface area contributed by atoms with Crippen molar-refractivity contribution in [3.8, 4) is 11.5 Å². The lowest BCUT2D eigenvalue weighted by Crippen LogP contribution is -1.99. The fourth-order valence-corrected chi connectivity index (χ4v) is 2.22. The van der Waals surface area contributed by atoms with Crippen LogP contribution in [0.1, 0.15) is 5.56 Å². The molecule has 2 rings (SSSR count). The molecule has 19 heavy (non-hydrogen) atoms. The summed E-state index contributed by atoms with van der Waals surface area (Å²) in [5, 5.41) is 22.5. The minimum Gasteiger partial charge on any atom is -0.506 e. The van der Waals surface area contributed by atoms with Crippen LogP contribution in [0.15, 0.2) is 30.3 Å². The molecule has 0 saturated heterocycles. The molecule has 0 fully saturated rings. The zero-order valence-electron chi connectivity index (χ0n) is 9.62. The van der Waals surface area contributed by atoms with Crippen LogP contribution in [0.25, 0.3) is 0 Å². The van der Waals surface area contributed by atoms with Gasteiger partial charge in [0.1, 0.15) is 5.75 Å². The van der Waals surface area contributed by atoms with Crippen molar-refractivity contribution in [1.82, 2.24) is 0 Å². The normalized spacial score (nSPS) is 10.5. The summed E-state index contributed by atoms with van der Waals surface area (Å²) in [5.41, 5.74) is 1.57. The van der Waals surface area contributed by atoms with Crippen molar-refractivity contribution < 1.29 is 10.2 Å². The summed E-state index contributed by atoms with van der Waals surface area (Å²) >= 11 is 17.5. The molecule has 0 aliphatic rings. The van der Waals surface area contributed by atoms with Gasteiger partial charge in [-0.2, -0.15) is 0 Å². The summed E-state index contributed by atoms with van der Waals surface area (Å²) in [6.07, 6.45) is 0. The molecule has 2 aromatic rings. The molecule has 0 atom stereocenters. The van der Waals surface area contributed by atoms with Crippen molar-refractivity contribution in [3.63, 3.8) is 0 Å². The second kappa shape index (κ2) is 5.78. The van der Waals surface area contributed by atoms with E-state index in [4.69, 9.17) is 34.8 Å². The number of hydrogen-bond acceptors (Lipinski definition) is 3. The highest BCUT2D eigenvalue weighted by Gasteiger charge is 2.07. The Hall–Kier alpha value is -1.29. The van der Waals surface area contributed by atoms with E-state index in [1.165, 1.54) is 6.07 Å². The van der Waals surface area contributed by atoms with Crippen LogP contribution in [0.3, 0.4) is 0 Å². The van der Waals surface area contributed by atoms with Crippen LogP contribution in [0.2, 0.25) is 15.1 Å². The van der Waals surface area contributed by atoms with Crippen molar-refractivity contribution in [3.05, 3.63) is 51.0 Å². The van der Waals surface area contributed by atoms with Crippen molar-refractivity contribution in [1.29, 1.82) is 0 Å². The SMILES string of the molecule is Oc1ccc(CNc2cc(Cl)c(O)c(Cl)c2)cc1Cl. The maximum Gasteiger partial charge on any atom is 0.152 e. The number of phenols is 2. The second-order valence-electron chi connectivity index (χ2n) is 3.93. The molecule has 100 valence electrons. The van der Waals surface area contributed by atoms with Crippen LogP contribution in [-0.2, 0) is 6.54 Å². The quantitative estimate of drug-likeness (QED) is 0.721. The second-order valence-corrected chi connectivity index (χ2v) is 5.15. The molecule has 0 bridgehead atoms. The number of aromatic hydroxyl groups is 2. The number of hydrogen-bond donors (Lipinski definition) is 3. The fraction of sp³-hybridized carbons (Fsp3) is 0.0769. The van der Waals surface area contributed by atoms with Gasteiger partial charge in [-0.3, -0.25) is 0 Å². The van der Waals surface area contributed by atoms with Gasteiger partial charge in [0.2, 0.25) is 0 Å². The topological polar surface area (TPSA) is 52.5 Å². The minimum atomic E-state index is -0.137. The van der Waals surface area contributed by atoms with E-state index in [0.29, 0.717) is 17.3 Å². The van der Waals surface area contributed by atoms with Crippen LogP contribution < -0.4 is 5.32 Å². The highest BCUT2D eigenvalue weighted by Crippen LogP contribution is 2.34. The molecule has 0 unspecified atom stereocenters. The van der Waals surface area contributed by atoms with E-state index in [1.807, 2.05) is 0 Å². The van der Waals surface area contributed by atoms with Crippen LogP contribution in [0, 0.1) is 0 Å². The third-order valence-electron chi connectivity index (χ3n) is 2.53. The smallest absolute Gasteiger partial charge is 0.152 e. The first-order valence-electron chi connectivity index (χ1n) is 5.36. The van der Waals surface area contributed by atoms with Crippen LogP contribution in [0.5, 0.6) is 11.5 Å². The monoisotopic (exact) mass is 317 g/mol. The van der Waals surface area contributed by atoms with Gasteiger partial charge in [-0.05, 0) is 29.8 Å². The van der Waals surface area contributed by atoms with E-state index in [0.717, 1.165) is 5.56 Å². The molecule has 0 aliphatic heterocycles. The van der Waals surface area contributed by atoms with E-state index in [1.54, 1.807) is 24.3 Å². The maximum absolute atomic E-state index is 9.45. The Morgan fingerprint density at radius 1 is 0.895 bits per heavy atom. The van der Waals surface area contributed by atoms with Crippen molar-refractivity contribution in [2.75, 3.05) is 5.32 Å². The van der Waals surface area contributed by atoms with Crippen molar-refractivity contribution in [2.45, 2.75) is 6.54 Å². The summed E-state index contributed by atoms with van der Waals surface area (Å²) < 4.78 is 0. The van der Waals surface area contributed by atoms with E-state index in [-0.39, 0.29) is 21.5 Å². The van der Waals surface area contributed by atoms with Crippen molar-refractivity contribution >= 4 is 40.5 Å². The van der Waals surface area contributed by atoms with Gasteiger partial charge in [-0.1, -0.05) is 40.9 Å². The minimum absolute atomic E-state index is 0.0427. The van der Waals surface area contributed by atoms with E-state index >= 15 is 0 Å². The zero-order valence-corrected chi connectivity index (χ0v) is 11.9. The Balaban J connectivity index is 2.12. The molecule has 0 radical (unpaired) electrons. The lowest BCUT2D eigenvalue weighted by atomic mass is 10.2. The number of phenolic OH excluding ortho intramolecular Hbond substituents is 2. The highest BCUT2D eigenvalue weighted by molar-refractivity contribution is 6.37. The standard InChI is InChI=1S/C13H10Cl3NO2/c14-9-3-7(1-2-12(9)18)6-17-8-4-10(15)13(19)11(16)5-8/h1-5,17-19H,6H2. The number of benzene rings is 2. The average molecular weight is 319 g/mol. The van der Waals surface area contributed by atoms with Gasteiger partial charge in [-0.25, -0.2) is 0 Å². The molecule has 0 spiro atoms. The van der Waals surface area contributed by atoms with Gasteiger partial charge in [-0.15, -0.1) is 0 Å². The van der Waals surface area contributed by atoms with Crippen molar-refractivity contribution in [2.24, 2.45) is 0 Å². The molecule has 3 N–H and O–H groups in total. The summed E-state index contributed by atoms with van der Waals surface area (Å²) in [5.74, 6) is -0.0947. The number of anilines is 1. The van der Waals surface area contributed by atoms with Gasteiger partial charge in [0.25, 0.3) is 0 Å².